The number of esters is 1. The van der Waals surface area contributed by atoms with Gasteiger partial charge in [0.15, 0.2) is 5.11 Å². The molecular formula is C23H27N3O3S. The highest BCUT2D eigenvalue weighted by atomic mass is 32.1. The van der Waals surface area contributed by atoms with Gasteiger partial charge in [-0.15, -0.1) is 0 Å². The lowest BCUT2D eigenvalue weighted by Gasteiger charge is -2.16. The number of hydrogen-bond acceptors (Lipinski definition) is 4. The van der Waals surface area contributed by atoms with E-state index in [1.54, 1.807) is 19.1 Å². The van der Waals surface area contributed by atoms with Crippen molar-refractivity contribution in [3.63, 3.8) is 0 Å². The van der Waals surface area contributed by atoms with E-state index in [0.29, 0.717) is 36.8 Å². The fraction of sp³-hybridized carbons (Fsp3) is 0.348. The Morgan fingerprint density at radius 1 is 1.17 bits per heavy atom. The number of anilines is 1. The van der Waals surface area contributed by atoms with Gasteiger partial charge in [-0.3, -0.25) is 4.79 Å². The Morgan fingerprint density at radius 3 is 2.57 bits per heavy atom. The van der Waals surface area contributed by atoms with Gasteiger partial charge in [-0.25, -0.2) is 4.79 Å². The molecule has 6 nitrogen and oxygen atoms in total. The van der Waals surface area contributed by atoms with Crippen molar-refractivity contribution in [2.75, 3.05) is 18.5 Å². The van der Waals surface area contributed by atoms with Crippen LogP contribution in [0.2, 0.25) is 0 Å². The van der Waals surface area contributed by atoms with Gasteiger partial charge >= 0.3 is 5.97 Å². The summed E-state index contributed by atoms with van der Waals surface area (Å²) < 4.78 is 5.05. The molecule has 2 aromatic rings. The number of aryl methyl sites for hydroxylation is 1. The lowest BCUT2D eigenvalue weighted by molar-refractivity contribution is -0.128. The normalized spacial score (nSPS) is 13.3. The fourth-order valence-electron chi connectivity index (χ4n) is 3.30. The molecule has 30 heavy (non-hydrogen) atoms. The van der Waals surface area contributed by atoms with E-state index < -0.39 is 0 Å². The Labute approximate surface area is 182 Å². The van der Waals surface area contributed by atoms with E-state index in [9.17, 15) is 9.59 Å². The molecule has 2 N–H and O–H groups in total. The monoisotopic (exact) mass is 425 g/mol. The number of thiocarbonyl (C=S) groups is 1. The average molecular weight is 426 g/mol. The summed E-state index contributed by atoms with van der Waals surface area (Å²) in [4.78, 5) is 25.6. The van der Waals surface area contributed by atoms with E-state index in [1.807, 2.05) is 42.2 Å². The van der Waals surface area contributed by atoms with Gasteiger partial charge in [0, 0.05) is 31.7 Å². The predicted octanol–water partition coefficient (Wildman–Crippen LogP) is 3.78. The van der Waals surface area contributed by atoms with Crippen LogP contribution in [0.15, 0.2) is 42.5 Å². The molecule has 2 aromatic carbocycles. The second-order valence-electron chi connectivity index (χ2n) is 7.29. The van der Waals surface area contributed by atoms with Crippen LogP contribution in [-0.4, -0.2) is 35.0 Å². The minimum absolute atomic E-state index is 0.236. The molecule has 7 heteroatoms. The van der Waals surface area contributed by atoms with Gasteiger partial charge in [0.1, 0.15) is 0 Å². The third-order valence-electron chi connectivity index (χ3n) is 5.02. The summed E-state index contributed by atoms with van der Waals surface area (Å²) in [6, 6.07) is 13.5. The Morgan fingerprint density at radius 2 is 1.90 bits per heavy atom. The number of nitrogens with zero attached hydrogens (tertiary/aromatic N) is 1. The number of nitrogens with one attached hydrogen (secondary N) is 2. The standard InChI is InChI=1S/C23H27N3O3S/c1-3-29-22(28)19-11-6-16(2)20(13-19)25-23(30)24-14-17-7-9-18(10-8-17)15-26-12-4-5-21(26)27/h6-11,13H,3-5,12,14-15H2,1-2H3,(H2,24,25,30). The minimum atomic E-state index is -0.352. The molecule has 1 fully saturated rings. The minimum Gasteiger partial charge on any atom is -0.462 e. The van der Waals surface area contributed by atoms with Gasteiger partial charge in [0.05, 0.1) is 12.2 Å². The van der Waals surface area contributed by atoms with Crippen LogP contribution in [0.5, 0.6) is 0 Å². The number of amides is 1. The number of carbonyl (C=O) groups is 2. The van der Waals surface area contributed by atoms with E-state index in [-0.39, 0.29) is 11.9 Å². The van der Waals surface area contributed by atoms with Gasteiger partial charge in [-0.2, -0.15) is 0 Å². The molecule has 1 amide bonds. The van der Waals surface area contributed by atoms with Crippen LogP contribution in [0.25, 0.3) is 0 Å². The van der Waals surface area contributed by atoms with E-state index >= 15 is 0 Å². The van der Waals surface area contributed by atoms with E-state index in [2.05, 4.69) is 10.6 Å². The van der Waals surface area contributed by atoms with Crippen LogP contribution in [0.3, 0.4) is 0 Å². The summed E-state index contributed by atoms with van der Waals surface area (Å²) in [6.45, 7) is 6.15. The number of ether oxygens (including phenoxy) is 1. The van der Waals surface area contributed by atoms with Crippen LogP contribution in [0, 0.1) is 6.92 Å². The number of likely N-dealkylation sites (tertiary alicyclic amines) is 1. The molecule has 0 aliphatic carbocycles. The highest BCUT2D eigenvalue weighted by molar-refractivity contribution is 7.80. The maximum atomic E-state index is 11.9. The van der Waals surface area contributed by atoms with Crippen molar-refractivity contribution in [1.82, 2.24) is 10.2 Å². The van der Waals surface area contributed by atoms with Crippen LogP contribution in [0.4, 0.5) is 5.69 Å². The first kappa shape index (κ1) is 21.8. The van der Waals surface area contributed by atoms with Crippen molar-refractivity contribution in [3.8, 4) is 0 Å². The highest BCUT2D eigenvalue weighted by Gasteiger charge is 2.19. The van der Waals surface area contributed by atoms with Crippen molar-refractivity contribution in [1.29, 1.82) is 0 Å². The van der Waals surface area contributed by atoms with Crippen molar-refractivity contribution in [2.24, 2.45) is 0 Å². The predicted molar refractivity (Wildman–Crippen MR) is 121 cm³/mol. The number of benzene rings is 2. The zero-order valence-electron chi connectivity index (χ0n) is 17.4. The Kier molecular flexibility index (Phi) is 7.41. The van der Waals surface area contributed by atoms with Crippen molar-refractivity contribution < 1.29 is 14.3 Å². The molecule has 0 saturated carbocycles. The molecule has 1 aliphatic heterocycles. The summed E-state index contributed by atoms with van der Waals surface area (Å²) in [7, 11) is 0. The van der Waals surface area contributed by atoms with Crippen LogP contribution in [0.1, 0.15) is 46.8 Å². The molecule has 0 aromatic heterocycles. The van der Waals surface area contributed by atoms with Gasteiger partial charge in [0.25, 0.3) is 0 Å². The molecule has 0 unspecified atom stereocenters. The first-order valence-corrected chi connectivity index (χ1v) is 10.6. The lowest BCUT2D eigenvalue weighted by atomic mass is 10.1. The summed E-state index contributed by atoms with van der Waals surface area (Å²) in [5, 5.41) is 6.82. The summed E-state index contributed by atoms with van der Waals surface area (Å²) in [6.07, 6.45) is 1.61. The summed E-state index contributed by atoms with van der Waals surface area (Å²) >= 11 is 5.41. The molecule has 158 valence electrons. The second kappa shape index (κ2) is 10.2. The Bertz CT molecular complexity index is 928. The van der Waals surface area contributed by atoms with E-state index in [0.717, 1.165) is 35.3 Å². The van der Waals surface area contributed by atoms with Crippen LogP contribution in [-0.2, 0) is 22.6 Å². The molecule has 1 heterocycles. The van der Waals surface area contributed by atoms with Gasteiger partial charge in [-0.1, -0.05) is 30.3 Å². The number of rotatable bonds is 7. The molecule has 3 rings (SSSR count). The summed E-state index contributed by atoms with van der Waals surface area (Å²) in [5.74, 6) is -0.116. The van der Waals surface area contributed by atoms with Crippen molar-refractivity contribution >= 4 is 34.9 Å². The zero-order valence-corrected chi connectivity index (χ0v) is 18.2. The first-order valence-electron chi connectivity index (χ1n) is 10.1. The second-order valence-corrected chi connectivity index (χ2v) is 7.70. The number of carbonyl (C=O) groups excluding carboxylic acids is 2. The molecule has 0 radical (unpaired) electrons. The zero-order chi connectivity index (χ0) is 21.5. The van der Waals surface area contributed by atoms with Crippen LogP contribution >= 0.6 is 12.2 Å². The highest BCUT2D eigenvalue weighted by Crippen LogP contribution is 2.18. The maximum absolute atomic E-state index is 11.9. The number of hydrogen-bond donors (Lipinski definition) is 2. The van der Waals surface area contributed by atoms with E-state index in [4.69, 9.17) is 17.0 Å². The smallest absolute Gasteiger partial charge is 0.338 e. The third-order valence-corrected chi connectivity index (χ3v) is 5.26. The van der Waals surface area contributed by atoms with Crippen LogP contribution < -0.4 is 10.6 Å². The average Bonchev–Trinajstić information content (AvgIpc) is 3.13. The fourth-order valence-corrected chi connectivity index (χ4v) is 3.48. The van der Waals surface area contributed by atoms with E-state index in [1.165, 1.54) is 0 Å². The van der Waals surface area contributed by atoms with Gasteiger partial charge in [0.2, 0.25) is 5.91 Å². The Balaban J connectivity index is 1.52. The molecule has 0 atom stereocenters. The molecular weight excluding hydrogens is 398 g/mol. The third kappa shape index (κ3) is 5.79. The van der Waals surface area contributed by atoms with Crippen molar-refractivity contribution in [2.45, 2.75) is 39.8 Å². The van der Waals surface area contributed by atoms with Gasteiger partial charge in [-0.05, 0) is 61.3 Å². The topological polar surface area (TPSA) is 70.7 Å². The maximum Gasteiger partial charge on any atom is 0.338 e. The molecule has 1 aliphatic rings. The summed E-state index contributed by atoms with van der Waals surface area (Å²) in [5.41, 5.74) is 4.45. The first-order chi connectivity index (χ1) is 14.5. The molecule has 0 bridgehead atoms. The van der Waals surface area contributed by atoms with Gasteiger partial charge < -0.3 is 20.3 Å². The quantitative estimate of drug-likeness (QED) is 0.520. The SMILES string of the molecule is CCOC(=O)c1ccc(C)c(NC(=S)NCc2ccc(CN3CCCC3=O)cc2)c1. The van der Waals surface area contributed by atoms with Crippen molar-refractivity contribution in [3.05, 3.63) is 64.7 Å². The Hall–Kier alpha value is -2.93. The lowest BCUT2D eigenvalue weighted by Crippen LogP contribution is -2.28. The molecule has 0 spiro atoms. The largest absolute Gasteiger partial charge is 0.462 e. The molecule has 1 saturated heterocycles.